The quantitative estimate of drug-likeness (QED) is 0.0934. The van der Waals surface area contributed by atoms with Gasteiger partial charge in [0.15, 0.2) is 6.10 Å². The summed E-state index contributed by atoms with van der Waals surface area (Å²) in [5.41, 5.74) is 0.605. The largest absolute Gasteiger partial charge is 0.455 e. The second-order valence-corrected chi connectivity index (χ2v) is 18.0. The lowest BCUT2D eigenvalue weighted by atomic mass is 9.91. The highest BCUT2D eigenvalue weighted by Gasteiger charge is 2.38. The molecule has 0 saturated carbocycles. The summed E-state index contributed by atoms with van der Waals surface area (Å²) < 4.78 is 34.1. The number of unbranched alkanes of at least 4 members (excludes halogenated alkanes) is 3. The molecule has 13 nitrogen and oxygen atoms in total. The topological polar surface area (TPSA) is 167 Å². The summed E-state index contributed by atoms with van der Waals surface area (Å²) in [5, 5.41) is 8.08. The standard InChI is InChI=1S/C40H64N6O7S2/c1-10-12-13-15-23-46(40(50)36(28(7)11-2)43-38(49)33-17-14-16-22-45(33)9)34(26(3)4)24-35(53-29(8)47)39-42-32(25-54-39)37(48)44-55(51,52)31-20-18-30(19-21-31)41-27(5)6/h18-21,25-28,33-36,41H,10-17,22-24H2,1-9H3,(H,43,49)(H,44,48)/t28-,33+,34+,35+,36-/m0/s1. The number of nitrogens with zero attached hydrogens (tertiary/aromatic N) is 3. The van der Waals surface area contributed by atoms with Crippen LogP contribution in [-0.4, -0.2) is 91.2 Å². The van der Waals surface area contributed by atoms with Gasteiger partial charge in [-0.1, -0.05) is 66.7 Å². The SMILES string of the molecule is CCCCCCN(C(=O)[C@@H](NC(=O)[C@H]1CCCCN1C)[C@@H](C)CC)[C@H](C[C@@H](OC(C)=O)c1nc(C(=O)NS(=O)(=O)c2ccc(NC(C)C)cc2)cs1)C(C)C. The van der Waals surface area contributed by atoms with E-state index < -0.39 is 40.1 Å². The third-order valence-corrected chi connectivity index (χ3v) is 12.5. The lowest BCUT2D eigenvalue weighted by molar-refractivity contribution is -0.149. The summed E-state index contributed by atoms with van der Waals surface area (Å²) in [5.74, 6) is -2.00. The first-order valence-electron chi connectivity index (χ1n) is 19.9. The Balaban J connectivity index is 1.91. The molecule has 1 aliphatic heterocycles. The molecule has 3 amide bonds. The second kappa shape index (κ2) is 21.7. The lowest BCUT2D eigenvalue weighted by Crippen LogP contribution is -2.59. The summed E-state index contributed by atoms with van der Waals surface area (Å²) >= 11 is 1.08. The zero-order valence-corrected chi connectivity index (χ0v) is 35.9. The molecule has 3 N–H and O–H groups in total. The van der Waals surface area contributed by atoms with Crippen molar-refractivity contribution in [2.75, 3.05) is 25.5 Å². The Kier molecular flexibility index (Phi) is 18.1. The Morgan fingerprint density at radius 2 is 1.71 bits per heavy atom. The number of aromatic nitrogens is 1. The van der Waals surface area contributed by atoms with Crippen LogP contribution in [0.3, 0.4) is 0 Å². The third-order valence-electron chi connectivity index (χ3n) is 10.2. The van der Waals surface area contributed by atoms with Crippen molar-refractivity contribution < 1.29 is 32.3 Å². The van der Waals surface area contributed by atoms with Gasteiger partial charge >= 0.3 is 5.97 Å². The van der Waals surface area contributed by atoms with Gasteiger partial charge in [0, 0.05) is 43.0 Å². The van der Waals surface area contributed by atoms with Gasteiger partial charge in [-0.2, -0.15) is 0 Å². The van der Waals surface area contributed by atoms with E-state index >= 15 is 0 Å². The van der Waals surface area contributed by atoms with Crippen molar-refractivity contribution in [3.63, 3.8) is 0 Å². The molecule has 0 unspecified atom stereocenters. The zero-order chi connectivity index (χ0) is 40.9. The number of piperidine rings is 1. The number of likely N-dealkylation sites (tertiary alicyclic amines) is 1. The van der Waals surface area contributed by atoms with E-state index in [0.717, 1.165) is 68.5 Å². The van der Waals surface area contributed by atoms with Crippen molar-refractivity contribution in [3.8, 4) is 0 Å². The van der Waals surface area contributed by atoms with Gasteiger partial charge in [-0.25, -0.2) is 18.1 Å². The van der Waals surface area contributed by atoms with Crippen LogP contribution in [0.1, 0.15) is 135 Å². The maximum Gasteiger partial charge on any atom is 0.303 e. The molecule has 2 aromatic rings. The first-order valence-corrected chi connectivity index (χ1v) is 22.2. The van der Waals surface area contributed by atoms with Crippen molar-refractivity contribution in [1.29, 1.82) is 0 Å². The predicted molar refractivity (Wildman–Crippen MR) is 217 cm³/mol. The van der Waals surface area contributed by atoms with Gasteiger partial charge in [-0.15, -0.1) is 11.3 Å². The van der Waals surface area contributed by atoms with Gasteiger partial charge in [-0.05, 0) is 82.8 Å². The molecule has 1 aliphatic rings. The molecule has 0 spiro atoms. The van der Waals surface area contributed by atoms with Gasteiger partial charge < -0.3 is 20.3 Å². The maximum absolute atomic E-state index is 14.8. The average Bonchev–Trinajstić information content (AvgIpc) is 3.63. The van der Waals surface area contributed by atoms with Crippen LogP contribution >= 0.6 is 11.3 Å². The molecule has 1 fully saturated rings. The first-order chi connectivity index (χ1) is 26.0. The molecule has 308 valence electrons. The van der Waals surface area contributed by atoms with Gasteiger partial charge in [-0.3, -0.25) is 24.1 Å². The number of amides is 3. The lowest BCUT2D eigenvalue weighted by Gasteiger charge is -2.40. The molecular formula is C40H64N6O7S2. The highest BCUT2D eigenvalue weighted by Crippen LogP contribution is 2.32. The Labute approximate surface area is 332 Å². The minimum Gasteiger partial charge on any atom is -0.455 e. The fourth-order valence-electron chi connectivity index (χ4n) is 6.88. The number of carbonyl (C=O) groups is 4. The van der Waals surface area contributed by atoms with E-state index in [9.17, 15) is 27.6 Å². The fraction of sp³-hybridized carbons (Fsp3) is 0.675. The van der Waals surface area contributed by atoms with Gasteiger partial charge in [0.1, 0.15) is 16.7 Å². The summed E-state index contributed by atoms with van der Waals surface area (Å²) in [6, 6.07) is 4.78. The smallest absolute Gasteiger partial charge is 0.303 e. The van der Waals surface area contributed by atoms with Crippen LogP contribution in [0.25, 0.3) is 0 Å². The monoisotopic (exact) mass is 804 g/mol. The number of rotatable bonds is 21. The number of esters is 1. The normalized spacial score (nSPS) is 17.3. The molecule has 1 aromatic carbocycles. The molecule has 0 aliphatic carbocycles. The Morgan fingerprint density at radius 3 is 2.29 bits per heavy atom. The Morgan fingerprint density at radius 1 is 1.02 bits per heavy atom. The maximum atomic E-state index is 14.8. The number of ether oxygens (including phenoxy) is 1. The van der Waals surface area contributed by atoms with Crippen LogP contribution < -0.4 is 15.4 Å². The van der Waals surface area contributed by atoms with Crippen molar-refractivity contribution in [2.24, 2.45) is 11.8 Å². The predicted octanol–water partition coefficient (Wildman–Crippen LogP) is 6.53. The van der Waals surface area contributed by atoms with Gasteiger partial charge in [0.2, 0.25) is 11.8 Å². The molecule has 0 bridgehead atoms. The van der Waals surface area contributed by atoms with E-state index in [1.54, 1.807) is 12.1 Å². The fourth-order valence-corrected chi connectivity index (χ4v) is 8.68. The van der Waals surface area contributed by atoms with Gasteiger partial charge in [0.25, 0.3) is 15.9 Å². The molecule has 1 aromatic heterocycles. The minimum atomic E-state index is -4.21. The minimum absolute atomic E-state index is 0.0792. The highest BCUT2D eigenvalue weighted by atomic mass is 32.2. The molecule has 2 heterocycles. The Hall–Kier alpha value is -3.56. The van der Waals surface area contributed by atoms with E-state index in [1.807, 2.05) is 53.5 Å². The van der Waals surface area contributed by atoms with Crippen molar-refractivity contribution in [2.45, 2.75) is 148 Å². The average molecular weight is 805 g/mol. The molecule has 1 saturated heterocycles. The van der Waals surface area contributed by atoms with Crippen molar-refractivity contribution >= 4 is 50.7 Å². The molecular weight excluding hydrogens is 741 g/mol. The third kappa shape index (κ3) is 13.6. The number of hydrogen-bond donors (Lipinski definition) is 3. The molecule has 5 atom stereocenters. The molecule has 3 rings (SSSR count). The van der Waals surface area contributed by atoms with Crippen LogP contribution in [0.15, 0.2) is 34.5 Å². The zero-order valence-electron chi connectivity index (χ0n) is 34.2. The van der Waals surface area contributed by atoms with E-state index in [2.05, 4.69) is 32.2 Å². The van der Waals surface area contributed by atoms with Crippen LogP contribution in [0.4, 0.5) is 5.69 Å². The number of thiazole rings is 1. The van der Waals surface area contributed by atoms with Crippen molar-refractivity contribution in [1.82, 2.24) is 24.8 Å². The number of carbonyl (C=O) groups excluding carboxylic acids is 4. The van der Waals surface area contributed by atoms with Crippen LogP contribution in [0.5, 0.6) is 0 Å². The van der Waals surface area contributed by atoms with E-state index in [-0.39, 0.29) is 52.7 Å². The number of benzene rings is 1. The number of nitrogens with one attached hydrogen (secondary N) is 3. The van der Waals surface area contributed by atoms with Gasteiger partial charge in [0.05, 0.1) is 10.9 Å². The Bertz CT molecular complexity index is 1660. The van der Waals surface area contributed by atoms with E-state index in [1.165, 1.54) is 24.4 Å². The number of likely N-dealkylation sites (N-methyl/N-ethyl adjacent to an activating group) is 1. The molecule has 15 heteroatoms. The molecule has 0 radical (unpaired) electrons. The molecule has 55 heavy (non-hydrogen) atoms. The highest BCUT2D eigenvalue weighted by molar-refractivity contribution is 7.90. The first kappa shape index (κ1) is 45.8. The second-order valence-electron chi connectivity index (χ2n) is 15.4. The summed E-state index contributed by atoms with van der Waals surface area (Å²) in [4.78, 5) is 62.4. The van der Waals surface area contributed by atoms with E-state index in [4.69, 9.17) is 4.74 Å². The van der Waals surface area contributed by atoms with Crippen molar-refractivity contribution in [3.05, 3.63) is 40.3 Å². The number of anilines is 1. The van der Waals surface area contributed by atoms with Crippen LogP contribution in [0.2, 0.25) is 0 Å². The summed E-state index contributed by atoms with van der Waals surface area (Å²) in [7, 11) is -2.26. The van der Waals surface area contributed by atoms with E-state index in [0.29, 0.717) is 18.0 Å². The van der Waals surface area contributed by atoms with Crippen LogP contribution in [0, 0.1) is 11.8 Å². The van der Waals surface area contributed by atoms with Crippen LogP contribution in [-0.2, 0) is 29.1 Å². The number of sulfonamides is 1. The summed E-state index contributed by atoms with van der Waals surface area (Å²) in [6.07, 6.45) is 6.43. The number of hydrogen-bond acceptors (Lipinski definition) is 11. The summed E-state index contributed by atoms with van der Waals surface area (Å²) in [6.45, 7) is 16.6.